The second-order valence-electron chi connectivity index (χ2n) is 14.1. The molecule has 0 atom stereocenters. The summed E-state index contributed by atoms with van der Waals surface area (Å²) >= 11 is 0. The van der Waals surface area contributed by atoms with Gasteiger partial charge in [-0.1, -0.05) is 182 Å². The number of hydrogen-bond donors (Lipinski definition) is 0. The van der Waals surface area contributed by atoms with Crippen molar-refractivity contribution in [1.29, 1.82) is 0 Å². The first kappa shape index (κ1) is 44.4. The summed E-state index contributed by atoms with van der Waals surface area (Å²) in [6.45, 7) is 15.3. The van der Waals surface area contributed by atoms with Gasteiger partial charge < -0.3 is 16.9 Å². The Morgan fingerprint density at radius 3 is 0.548 bits per heavy atom. The highest BCUT2D eigenvalue weighted by Gasteiger charge is 2.25. The molecule has 0 fully saturated rings. The van der Waals surface area contributed by atoms with Crippen LogP contribution in [0.4, 0.5) is 0 Å². The number of unbranched alkanes of at least 4 members (excludes halogenated alkanes) is 28. The maximum atomic E-state index is 2.37. The Balaban J connectivity index is 0. The van der Waals surface area contributed by atoms with E-state index in [1.807, 2.05) is 0 Å². The van der Waals surface area contributed by atoms with E-state index in [0.717, 1.165) is 0 Å². The van der Waals surface area contributed by atoms with Gasteiger partial charge in [-0.25, -0.2) is 0 Å². The molecule has 42 heavy (non-hydrogen) atoms. The molecular weight excluding hydrogens is 530 g/mol. The molecule has 0 saturated carbocycles. The van der Waals surface area contributed by atoms with E-state index in [4.69, 9.17) is 0 Å². The molecule has 0 saturated heterocycles. The van der Waals surface area contributed by atoms with Crippen LogP contribution in [0.5, 0.6) is 0 Å². The highest BCUT2D eigenvalue weighted by molar-refractivity contribution is 4.55. The molecule has 0 spiro atoms. The van der Waals surface area contributed by atoms with Crippen LogP contribution in [0, 0.1) is 0 Å². The van der Waals surface area contributed by atoms with E-state index in [-0.39, 0.29) is 12.4 Å². The fourth-order valence-electron chi connectivity index (χ4n) is 7.00. The number of halogens is 1. The number of hydrogen-bond acceptors (Lipinski definition) is 0. The Labute approximate surface area is 275 Å². The number of nitrogens with zero attached hydrogens (tertiary/aromatic N) is 1. The van der Waals surface area contributed by atoms with Crippen LogP contribution in [0.15, 0.2) is 0 Å². The summed E-state index contributed by atoms with van der Waals surface area (Å²) in [5, 5.41) is 0. The quantitative estimate of drug-likeness (QED) is 0.0487. The largest absolute Gasteiger partial charge is 1.00 e. The van der Waals surface area contributed by atoms with Crippen molar-refractivity contribution in [3.8, 4) is 0 Å². The van der Waals surface area contributed by atoms with Gasteiger partial charge in [0.2, 0.25) is 0 Å². The molecule has 0 aliphatic carbocycles. The lowest BCUT2D eigenvalue weighted by molar-refractivity contribution is -0.929. The van der Waals surface area contributed by atoms with E-state index in [2.05, 4.69) is 27.7 Å². The van der Waals surface area contributed by atoms with Gasteiger partial charge in [0.05, 0.1) is 26.2 Å². The molecule has 0 radical (unpaired) electrons. The van der Waals surface area contributed by atoms with Gasteiger partial charge in [-0.3, -0.25) is 0 Å². The fourth-order valence-corrected chi connectivity index (χ4v) is 7.00. The van der Waals surface area contributed by atoms with E-state index >= 15 is 0 Å². The average Bonchev–Trinajstić information content (AvgIpc) is 2.98. The molecule has 0 rings (SSSR count). The standard InChI is InChI=1S/C40H84N.ClH/c1-5-9-13-17-19-21-23-25-27-29-31-35-39-41(37-33-15-11-7-3,38-34-16-12-8-4)40-36-32-30-28-26-24-22-20-18-14-10-6-2;/h5-40H2,1-4H3;1H/q+1;/p-1. The van der Waals surface area contributed by atoms with E-state index in [0.29, 0.717) is 0 Å². The average molecular weight is 615 g/mol. The Kier molecular flexibility index (Phi) is 39.6. The summed E-state index contributed by atoms with van der Waals surface area (Å²) in [4.78, 5) is 0. The van der Waals surface area contributed by atoms with Gasteiger partial charge in [0.25, 0.3) is 0 Å². The molecule has 0 aliphatic rings. The van der Waals surface area contributed by atoms with Gasteiger partial charge in [0.15, 0.2) is 0 Å². The van der Waals surface area contributed by atoms with Crippen molar-refractivity contribution in [2.45, 2.75) is 233 Å². The first-order valence-corrected chi connectivity index (χ1v) is 20.1. The summed E-state index contributed by atoms with van der Waals surface area (Å²) in [6, 6.07) is 0. The fraction of sp³-hybridized carbons (Fsp3) is 1.00. The van der Waals surface area contributed by atoms with Crippen LogP contribution in [0.2, 0.25) is 0 Å². The summed E-state index contributed by atoms with van der Waals surface area (Å²) in [5.41, 5.74) is 0. The van der Waals surface area contributed by atoms with Crippen LogP contribution in [0.3, 0.4) is 0 Å². The van der Waals surface area contributed by atoms with Crippen molar-refractivity contribution < 1.29 is 16.9 Å². The van der Waals surface area contributed by atoms with Crippen LogP contribution in [0.1, 0.15) is 233 Å². The Morgan fingerprint density at radius 1 is 0.214 bits per heavy atom. The molecule has 0 unspecified atom stereocenters. The monoisotopic (exact) mass is 614 g/mol. The van der Waals surface area contributed by atoms with Crippen LogP contribution >= 0.6 is 0 Å². The maximum Gasteiger partial charge on any atom is 0.0786 e. The molecule has 2 heteroatoms. The highest BCUT2D eigenvalue weighted by atomic mass is 35.5. The topological polar surface area (TPSA) is 0 Å². The maximum absolute atomic E-state index is 2.37. The van der Waals surface area contributed by atoms with Gasteiger partial charge in [0.1, 0.15) is 0 Å². The Hall–Kier alpha value is 0.250. The Morgan fingerprint density at radius 2 is 0.357 bits per heavy atom. The summed E-state index contributed by atoms with van der Waals surface area (Å²) in [6.07, 6.45) is 46.7. The third-order valence-corrected chi connectivity index (χ3v) is 9.94. The molecule has 0 amide bonds. The third-order valence-electron chi connectivity index (χ3n) is 9.94. The predicted molar refractivity (Wildman–Crippen MR) is 190 cm³/mol. The van der Waals surface area contributed by atoms with Crippen molar-refractivity contribution in [3.05, 3.63) is 0 Å². The van der Waals surface area contributed by atoms with E-state index in [1.165, 1.54) is 236 Å². The molecule has 0 aromatic heterocycles. The zero-order chi connectivity index (χ0) is 30.0. The first-order chi connectivity index (χ1) is 20.2. The molecule has 1 nitrogen and oxygen atoms in total. The number of rotatable bonds is 36. The zero-order valence-electron chi connectivity index (χ0n) is 30.3. The minimum Gasteiger partial charge on any atom is -1.00 e. The molecule has 0 N–H and O–H groups in total. The van der Waals surface area contributed by atoms with E-state index in [1.54, 1.807) is 0 Å². The lowest BCUT2D eigenvalue weighted by atomic mass is 10.0. The van der Waals surface area contributed by atoms with Crippen molar-refractivity contribution in [2.24, 2.45) is 0 Å². The third kappa shape index (κ3) is 31.7. The SMILES string of the molecule is CCCCCCCCCCCCCC[N+](CCCCCC)(CCCCCC)CCCCCCCCCCCCCC.[Cl-]. The summed E-state index contributed by atoms with van der Waals surface area (Å²) < 4.78 is 1.48. The second-order valence-corrected chi connectivity index (χ2v) is 14.1. The van der Waals surface area contributed by atoms with E-state index < -0.39 is 0 Å². The van der Waals surface area contributed by atoms with Crippen molar-refractivity contribution in [1.82, 2.24) is 0 Å². The van der Waals surface area contributed by atoms with Gasteiger partial charge in [-0.15, -0.1) is 0 Å². The second kappa shape index (κ2) is 37.4. The van der Waals surface area contributed by atoms with Crippen molar-refractivity contribution >= 4 is 0 Å². The van der Waals surface area contributed by atoms with Crippen LogP contribution in [-0.2, 0) is 0 Å². The molecule has 0 heterocycles. The lowest BCUT2D eigenvalue weighted by Gasteiger charge is -2.39. The summed E-state index contributed by atoms with van der Waals surface area (Å²) in [7, 11) is 0. The van der Waals surface area contributed by atoms with Crippen LogP contribution in [0.25, 0.3) is 0 Å². The van der Waals surface area contributed by atoms with E-state index in [9.17, 15) is 0 Å². The highest BCUT2D eigenvalue weighted by Crippen LogP contribution is 2.21. The minimum absolute atomic E-state index is 0. The normalized spacial score (nSPS) is 11.7. The van der Waals surface area contributed by atoms with Gasteiger partial charge in [-0.05, 0) is 51.4 Å². The molecule has 0 bridgehead atoms. The first-order valence-electron chi connectivity index (χ1n) is 20.1. The van der Waals surface area contributed by atoms with Crippen molar-refractivity contribution in [3.63, 3.8) is 0 Å². The molecule has 256 valence electrons. The van der Waals surface area contributed by atoms with Gasteiger partial charge in [0, 0.05) is 0 Å². The zero-order valence-corrected chi connectivity index (χ0v) is 31.0. The molecular formula is C40H84ClN. The predicted octanol–water partition coefficient (Wildman–Crippen LogP) is 11.4. The smallest absolute Gasteiger partial charge is 0.0786 e. The minimum atomic E-state index is 0. The van der Waals surface area contributed by atoms with Crippen molar-refractivity contribution in [2.75, 3.05) is 26.2 Å². The van der Waals surface area contributed by atoms with Gasteiger partial charge >= 0.3 is 0 Å². The van der Waals surface area contributed by atoms with Crippen LogP contribution in [-0.4, -0.2) is 30.7 Å². The lowest BCUT2D eigenvalue weighted by Crippen LogP contribution is -3.00. The molecule has 0 aromatic carbocycles. The number of quaternary nitrogens is 1. The van der Waals surface area contributed by atoms with Crippen LogP contribution < -0.4 is 12.4 Å². The molecule has 0 aliphatic heterocycles. The van der Waals surface area contributed by atoms with Gasteiger partial charge in [-0.2, -0.15) is 0 Å². The Bertz CT molecular complexity index is 423. The molecule has 0 aromatic rings. The summed E-state index contributed by atoms with van der Waals surface area (Å²) in [5.74, 6) is 0.